The van der Waals surface area contributed by atoms with Crippen molar-refractivity contribution in [1.29, 1.82) is 0 Å². The van der Waals surface area contributed by atoms with Gasteiger partial charge in [-0.15, -0.1) is 0 Å². The van der Waals surface area contributed by atoms with Gasteiger partial charge in [-0.05, 0) is 30.0 Å². The van der Waals surface area contributed by atoms with E-state index in [-0.39, 0.29) is 17.7 Å². The van der Waals surface area contributed by atoms with Crippen molar-refractivity contribution in [2.45, 2.75) is 43.7 Å². The average Bonchev–Trinajstić information content (AvgIpc) is 3.23. The molecule has 0 bridgehead atoms. The van der Waals surface area contributed by atoms with E-state index in [0.29, 0.717) is 25.3 Å². The van der Waals surface area contributed by atoms with Crippen LogP contribution in [0.3, 0.4) is 0 Å². The maximum Gasteiger partial charge on any atom is 0.254 e. The first-order valence-electron chi connectivity index (χ1n) is 10.4. The van der Waals surface area contributed by atoms with E-state index in [1.165, 1.54) is 0 Å². The van der Waals surface area contributed by atoms with Gasteiger partial charge in [-0.1, -0.05) is 61.4 Å². The van der Waals surface area contributed by atoms with Crippen LogP contribution in [-0.4, -0.2) is 42.5 Å². The van der Waals surface area contributed by atoms with Gasteiger partial charge in [0.15, 0.2) is 0 Å². The fraction of sp³-hybridized carbons (Fsp3) is 0.417. The third-order valence-electron chi connectivity index (χ3n) is 6.38. The van der Waals surface area contributed by atoms with Crippen LogP contribution in [0, 0.1) is 0 Å². The number of carbonyl (C=O) groups is 2. The van der Waals surface area contributed by atoms with Crippen LogP contribution in [0.5, 0.6) is 0 Å². The number of nitrogens with one attached hydrogen (secondary N) is 1. The molecule has 5 heteroatoms. The van der Waals surface area contributed by atoms with Gasteiger partial charge in [-0.25, -0.2) is 0 Å². The molecule has 2 aliphatic rings. The molecule has 5 nitrogen and oxygen atoms in total. The molecule has 0 radical (unpaired) electrons. The molecule has 2 aromatic carbocycles. The lowest BCUT2D eigenvalue weighted by molar-refractivity contribution is -0.126. The molecule has 0 saturated heterocycles. The van der Waals surface area contributed by atoms with E-state index in [9.17, 15) is 9.59 Å². The Bertz CT molecular complexity index is 875. The molecule has 2 aromatic rings. The Balaban J connectivity index is 1.71. The molecule has 1 aliphatic heterocycles. The predicted octanol–water partition coefficient (Wildman–Crippen LogP) is 3.50. The summed E-state index contributed by atoms with van der Waals surface area (Å²) in [5.74, 6) is -0.343. The van der Waals surface area contributed by atoms with Crippen LogP contribution in [-0.2, 0) is 16.1 Å². The number of carbonyl (C=O) groups excluding carboxylic acids is 2. The Morgan fingerprint density at radius 1 is 1.10 bits per heavy atom. The average molecular weight is 392 g/mol. The largest absolute Gasteiger partial charge is 0.383 e. The molecule has 1 heterocycles. The second-order valence-electron chi connectivity index (χ2n) is 7.98. The Morgan fingerprint density at radius 3 is 2.52 bits per heavy atom. The Labute approximate surface area is 172 Å². The summed E-state index contributed by atoms with van der Waals surface area (Å²) < 4.78 is 5.29. The van der Waals surface area contributed by atoms with Crippen molar-refractivity contribution < 1.29 is 14.3 Å². The van der Waals surface area contributed by atoms with Crippen molar-refractivity contribution in [1.82, 2.24) is 10.2 Å². The van der Waals surface area contributed by atoms with Gasteiger partial charge in [0.25, 0.3) is 5.91 Å². The van der Waals surface area contributed by atoms with E-state index in [4.69, 9.17) is 4.74 Å². The first kappa shape index (κ1) is 19.6. The number of nitrogens with zero attached hydrogens (tertiary/aromatic N) is 1. The van der Waals surface area contributed by atoms with Gasteiger partial charge in [-0.2, -0.15) is 0 Å². The molecular formula is C24H28N2O3. The predicted molar refractivity (Wildman–Crippen MR) is 112 cm³/mol. The maximum absolute atomic E-state index is 13.5. The second kappa shape index (κ2) is 8.37. The fourth-order valence-corrected chi connectivity index (χ4v) is 5.06. The highest BCUT2D eigenvalue weighted by atomic mass is 16.5. The van der Waals surface area contributed by atoms with Crippen LogP contribution in [0.1, 0.15) is 53.1 Å². The molecule has 1 N–H and O–H groups in total. The lowest BCUT2D eigenvalue weighted by Gasteiger charge is -2.50. The summed E-state index contributed by atoms with van der Waals surface area (Å²) in [5, 5.41) is 3.14. The maximum atomic E-state index is 13.5. The smallest absolute Gasteiger partial charge is 0.254 e. The van der Waals surface area contributed by atoms with Crippen LogP contribution >= 0.6 is 0 Å². The summed E-state index contributed by atoms with van der Waals surface area (Å²) >= 11 is 0. The van der Waals surface area contributed by atoms with Crippen molar-refractivity contribution in [2.24, 2.45) is 0 Å². The summed E-state index contributed by atoms with van der Waals surface area (Å²) in [7, 11) is 1.65. The molecule has 0 unspecified atom stereocenters. The van der Waals surface area contributed by atoms with Gasteiger partial charge in [-0.3, -0.25) is 9.59 Å². The van der Waals surface area contributed by atoms with E-state index in [1.54, 1.807) is 7.11 Å². The van der Waals surface area contributed by atoms with Gasteiger partial charge in [0.1, 0.15) is 0 Å². The molecule has 1 aliphatic carbocycles. The van der Waals surface area contributed by atoms with Crippen molar-refractivity contribution in [3.8, 4) is 0 Å². The lowest BCUT2D eigenvalue weighted by Crippen LogP contribution is -2.61. The van der Waals surface area contributed by atoms with Gasteiger partial charge >= 0.3 is 0 Å². The highest BCUT2D eigenvalue weighted by molar-refractivity contribution is 6.02. The van der Waals surface area contributed by atoms with E-state index in [2.05, 4.69) is 5.32 Å². The lowest BCUT2D eigenvalue weighted by atomic mass is 9.71. The van der Waals surface area contributed by atoms with Gasteiger partial charge in [0.2, 0.25) is 5.91 Å². The normalized spacial score (nSPS) is 20.0. The molecule has 1 fully saturated rings. The fourth-order valence-electron chi connectivity index (χ4n) is 5.06. The van der Waals surface area contributed by atoms with Crippen molar-refractivity contribution in [3.05, 3.63) is 71.3 Å². The molecular weight excluding hydrogens is 364 g/mol. The number of amides is 2. The molecule has 0 aromatic heterocycles. The Morgan fingerprint density at radius 2 is 1.79 bits per heavy atom. The molecule has 2 amide bonds. The summed E-state index contributed by atoms with van der Waals surface area (Å²) in [4.78, 5) is 28.8. The number of hydrogen-bond donors (Lipinski definition) is 1. The summed E-state index contributed by atoms with van der Waals surface area (Å²) in [6.07, 6.45) is 3.75. The number of rotatable bonds is 6. The van der Waals surface area contributed by atoms with Gasteiger partial charge in [0, 0.05) is 25.8 Å². The third kappa shape index (κ3) is 3.55. The van der Waals surface area contributed by atoms with Crippen LogP contribution in [0.4, 0.5) is 0 Å². The minimum atomic E-state index is -0.468. The Kier molecular flexibility index (Phi) is 5.67. The first-order chi connectivity index (χ1) is 14.2. The molecule has 1 saturated carbocycles. The van der Waals surface area contributed by atoms with Crippen molar-refractivity contribution in [2.75, 3.05) is 20.3 Å². The van der Waals surface area contributed by atoms with E-state index in [0.717, 1.165) is 36.8 Å². The molecule has 1 spiro atoms. The number of benzene rings is 2. The standard InChI is InChI=1S/C24H28N2O3/c1-29-16-15-26-23(28)20-12-6-5-11-19(20)21(24(26)13-7-8-14-24)22(27)25-17-18-9-3-2-4-10-18/h2-6,9-12,21H,7-8,13-17H2,1H3,(H,25,27)/t21-/m0/s1. The molecule has 29 heavy (non-hydrogen) atoms. The van der Waals surface area contributed by atoms with E-state index in [1.807, 2.05) is 59.5 Å². The number of hydrogen-bond acceptors (Lipinski definition) is 3. The number of fused-ring (bicyclic) bond motifs is 1. The van der Waals surface area contributed by atoms with E-state index >= 15 is 0 Å². The zero-order chi connectivity index (χ0) is 20.3. The number of methoxy groups -OCH3 is 1. The van der Waals surface area contributed by atoms with Crippen LogP contribution in [0.15, 0.2) is 54.6 Å². The van der Waals surface area contributed by atoms with Crippen LogP contribution in [0.25, 0.3) is 0 Å². The van der Waals surface area contributed by atoms with Gasteiger partial charge in [0.05, 0.1) is 18.1 Å². The topological polar surface area (TPSA) is 58.6 Å². The van der Waals surface area contributed by atoms with Gasteiger partial charge < -0.3 is 15.0 Å². The monoisotopic (exact) mass is 392 g/mol. The van der Waals surface area contributed by atoms with Crippen molar-refractivity contribution in [3.63, 3.8) is 0 Å². The summed E-state index contributed by atoms with van der Waals surface area (Å²) in [6, 6.07) is 17.5. The summed E-state index contributed by atoms with van der Waals surface area (Å²) in [5.41, 5.74) is 2.10. The Hall–Kier alpha value is -2.66. The molecule has 1 atom stereocenters. The SMILES string of the molecule is COCCN1C(=O)c2ccccc2[C@@H](C(=O)NCc2ccccc2)C12CCCC2. The van der Waals surface area contributed by atoms with Crippen LogP contribution in [0.2, 0.25) is 0 Å². The third-order valence-corrected chi connectivity index (χ3v) is 6.38. The highest BCUT2D eigenvalue weighted by Crippen LogP contribution is 2.50. The zero-order valence-corrected chi connectivity index (χ0v) is 16.9. The molecule has 152 valence electrons. The minimum absolute atomic E-state index is 0.00174. The van der Waals surface area contributed by atoms with E-state index < -0.39 is 5.54 Å². The van der Waals surface area contributed by atoms with Crippen molar-refractivity contribution >= 4 is 11.8 Å². The quantitative estimate of drug-likeness (QED) is 0.819. The molecule has 4 rings (SSSR count). The number of ether oxygens (including phenoxy) is 1. The summed E-state index contributed by atoms with van der Waals surface area (Å²) in [6.45, 7) is 1.46. The highest BCUT2D eigenvalue weighted by Gasteiger charge is 2.55. The zero-order valence-electron chi connectivity index (χ0n) is 16.9. The minimum Gasteiger partial charge on any atom is -0.383 e. The first-order valence-corrected chi connectivity index (χ1v) is 10.4. The van der Waals surface area contributed by atoms with Crippen LogP contribution < -0.4 is 5.32 Å². The second-order valence-corrected chi connectivity index (χ2v) is 7.98.